The van der Waals surface area contributed by atoms with Crippen molar-refractivity contribution in [2.24, 2.45) is 0 Å². The van der Waals surface area contributed by atoms with Gasteiger partial charge in [0.1, 0.15) is 0 Å². The molecule has 5 heterocycles. The third kappa shape index (κ3) is 7.39. The number of para-hydroxylation sites is 6. The monoisotopic (exact) mass is 1110 g/mol. The smallest absolute Gasteiger partial charge is 0.309 e. The van der Waals surface area contributed by atoms with E-state index in [9.17, 15) is 0 Å². The van der Waals surface area contributed by atoms with Crippen molar-refractivity contribution in [3.8, 4) is 68.0 Å². The third-order valence-electron chi connectivity index (χ3n) is 17.0. The number of rotatable bonds is 8. The highest BCUT2D eigenvalue weighted by Crippen LogP contribution is 2.51. The molecule has 0 saturated heterocycles. The molecule has 406 valence electrons. The molecule has 5 aromatic heterocycles. The second kappa shape index (κ2) is 19.1. The number of benzene rings is 12. The maximum absolute atomic E-state index is 17.1. The highest BCUT2D eigenvalue weighted by atomic mass is 19.4. The first-order chi connectivity index (χ1) is 42.4. The second-order valence-corrected chi connectivity index (χ2v) is 21.7. The lowest BCUT2D eigenvalue weighted by Gasteiger charge is -2.24. The maximum atomic E-state index is 17.1. The summed E-state index contributed by atoms with van der Waals surface area (Å²) in [7, 11) is 0. The van der Waals surface area contributed by atoms with Crippen LogP contribution in [0.15, 0.2) is 279 Å². The number of alkyl halides is 3. The van der Waals surface area contributed by atoms with E-state index in [0.717, 1.165) is 110 Å². The van der Waals surface area contributed by atoms with Crippen LogP contribution in [0.2, 0.25) is 0 Å². The zero-order chi connectivity index (χ0) is 57.2. The van der Waals surface area contributed by atoms with Crippen LogP contribution in [-0.2, 0) is 6.18 Å². The standard InChI is InChI=1S/C76H46F3N7/c77-76(78,79)58-36-22-42-64(86-62-40-20-16-34-56(62)69-66(86)46-44-54-52-32-14-18-38-60(52)84(72(54)69)50-29-11-4-12-30-50)70(58)67-57(75-81-73(47-23-5-1-6-24-47)80-74(82-75)48-25-7-2-8-26-48)35-21-41-63(67)85-61-39-19-15-33-55(61)68-65(85)45-43-53-51-31-13-17-37-59(51)83(71(53)68)49-27-9-3-10-28-49/h1-46H. The summed E-state index contributed by atoms with van der Waals surface area (Å²) in [6.45, 7) is 0. The minimum atomic E-state index is -4.87. The first-order valence-electron chi connectivity index (χ1n) is 28.6. The largest absolute Gasteiger partial charge is 0.417 e. The van der Waals surface area contributed by atoms with Crippen LogP contribution in [-0.4, -0.2) is 33.2 Å². The van der Waals surface area contributed by atoms with Gasteiger partial charge in [-0.05, 0) is 78.9 Å². The van der Waals surface area contributed by atoms with Gasteiger partial charge in [0.2, 0.25) is 0 Å². The number of nitrogens with zero attached hydrogens (tertiary/aromatic N) is 7. The SMILES string of the molecule is FC(F)(F)c1cccc(-n2c3ccccc3c3c2ccc2c4ccccc4n(-c4ccccc4)c23)c1-c1c(-c2nc(-c3ccccc3)nc(-c3ccccc3)n2)cccc1-n1c2ccccc2c2c1ccc1c3ccccc3n(-c3ccccc3)c12. The van der Waals surface area contributed by atoms with Crippen molar-refractivity contribution in [3.63, 3.8) is 0 Å². The molecule has 0 saturated carbocycles. The van der Waals surface area contributed by atoms with Crippen LogP contribution in [0.4, 0.5) is 13.2 Å². The fourth-order valence-corrected chi connectivity index (χ4v) is 13.6. The first kappa shape index (κ1) is 49.3. The summed E-state index contributed by atoms with van der Waals surface area (Å²) < 4.78 is 60.0. The molecule has 0 bridgehead atoms. The average molecular weight is 1110 g/mol. The molecule has 7 nitrogen and oxygen atoms in total. The number of halogens is 3. The maximum Gasteiger partial charge on any atom is 0.417 e. The van der Waals surface area contributed by atoms with Crippen LogP contribution in [0.25, 0.3) is 155 Å². The lowest BCUT2D eigenvalue weighted by atomic mass is 9.90. The van der Waals surface area contributed by atoms with E-state index in [2.05, 4.69) is 123 Å². The molecule has 17 rings (SSSR count). The summed E-state index contributed by atoms with van der Waals surface area (Å²) >= 11 is 0. The van der Waals surface area contributed by atoms with Crippen molar-refractivity contribution >= 4 is 87.2 Å². The Morgan fingerprint density at radius 1 is 0.267 bits per heavy atom. The first-order valence-corrected chi connectivity index (χ1v) is 28.6. The van der Waals surface area contributed by atoms with E-state index in [1.165, 1.54) is 12.1 Å². The predicted molar refractivity (Wildman–Crippen MR) is 344 cm³/mol. The van der Waals surface area contributed by atoms with Gasteiger partial charge in [0.15, 0.2) is 17.5 Å². The molecule has 12 aromatic carbocycles. The van der Waals surface area contributed by atoms with Crippen LogP contribution in [0, 0.1) is 0 Å². The molecule has 0 radical (unpaired) electrons. The Hall–Kier alpha value is -11.4. The lowest BCUT2D eigenvalue weighted by Crippen LogP contribution is -2.12. The summed E-state index contributed by atoms with van der Waals surface area (Å²) in [6.07, 6.45) is -4.87. The second-order valence-electron chi connectivity index (χ2n) is 21.7. The molecule has 86 heavy (non-hydrogen) atoms. The number of aromatic nitrogens is 7. The van der Waals surface area contributed by atoms with Crippen molar-refractivity contribution < 1.29 is 13.2 Å². The molecule has 17 aromatic rings. The molecule has 0 N–H and O–H groups in total. The molecule has 0 unspecified atom stereocenters. The Morgan fingerprint density at radius 3 is 1.09 bits per heavy atom. The van der Waals surface area contributed by atoms with Gasteiger partial charge in [-0.15, -0.1) is 0 Å². The molecule has 0 atom stereocenters. The molecular weight excluding hydrogens is 1070 g/mol. The van der Waals surface area contributed by atoms with Gasteiger partial charge in [0.05, 0.1) is 61.1 Å². The predicted octanol–water partition coefficient (Wildman–Crippen LogP) is 19.9. The van der Waals surface area contributed by atoms with Crippen LogP contribution in [0.5, 0.6) is 0 Å². The van der Waals surface area contributed by atoms with Gasteiger partial charge in [0.25, 0.3) is 0 Å². The van der Waals surface area contributed by atoms with Gasteiger partial charge in [-0.2, -0.15) is 13.2 Å². The van der Waals surface area contributed by atoms with Gasteiger partial charge in [-0.1, -0.05) is 200 Å². The molecule has 0 amide bonds. The molecule has 0 spiro atoms. The van der Waals surface area contributed by atoms with Crippen molar-refractivity contribution in [2.45, 2.75) is 6.18 Å². The summed E-state index contributed by atoms with van der Waals surface area (Å²) in [5, 5.41) is 7.93. The van der Waals surface area contributed by atoms with E-state index in [0.29, 0.717) is 28.6 Å². The quantitative estimate of drug-likeness (QED) is 0.152. The number of fused-ring (bicyclic) bond motifs is 14. The van der Waals surface area contributed by atoms with Crippen LogP contribution in [0.1, 0.15) is 5.56 Å². The Bertz CT molecular complexity index is 5510. The lowest BCUT2D eigenvalue weighted by molar-refractivity contribution is -0.137. The molecule has 10 heteroatoms. The highest BCUT2D eigenvalue weighted by molar-refractivity contribution is 6.28. The Kier molecular flexibility index (Phi) is 10.9. The van der Waals surface area contributed by atoms with Crippen molar-refractivity contribution in [2.75, 3.05) is 0 Å². The zero-order valence-corrected chi connectivity index (χ0v) is 45.8. The van der Waals surface area contributed by atoms with E-state index in [1.807, 2.05) is 162 Å². The zero-order valence-electron chi connectivity index (χ0n) is 45.8. The van der Waals surface area contributed by atoms with Crippen molar-refractivity contribution in [3.05, 3.63) is 285 Å². The van der Waals surface area contributed by atoms with Crippen LogP contribution < -0.4 is 0 Å². The number of hydrogen-bond donors (Lipinski definition) is 0. The van der Waals surface area contributed by atoms with Crippen LogP contribution >= 0.6 is 0 Å². The molecule has 0 aliphatic heterocycles. The van der Waals surface area contributed by atoms with E-state index < -0.39 is 11.7 Å². The van der Waals surface area contributed by atoms with E-state index in [-0.39, 0.29) is 17.0 Å². The Morgan fingerprint density at radius 2 is 0.640 bits per heavy atom. The Balaban J connectivity index is 1.05. The summed E-state index contributed by atoms with van der Waals surface area (Å²) in [6, 6.07) is 91.8. The van der Waals surface area contributed by atoms with Crippen molar-refractivity contribution in [1.82, 2.24) is 33.2 Å². The summed E-state index contributed by atoms with van der Waals surface area (Å²) in [5.74, 6) is 0.966. The molecule has 0 aliphatic carbocycles. The van der Waals surface area contributed by atoms with Crippen molar-refractivity contribution in [1.29, 1.82) is 0 Å². The summed E-state index contributed by atoms with van der Waals surface area (Å²) in [4.78, 5) is 15.7. The van der Waals surface area contributed by atoms with Crippen LogP contribution in [0.3, 0.4) is 0 Å². The fourth-order valence-electron chi connectivity index (χ4n) is 13.6. The molecule has 0 fully saturated rings. The Labute approximate surface area is 490 Å². The van der Waals surface area contributed by atoms with E-state index in [1.54, 1.807) is 0 Å². The fraction of sp³-hybridized carbons (Fsp3) is 0.0132. The van der Waals surface area contributed by atoms with E-state index >= 15 is 13.2 Å². The van der Waals surface area contributed by atoms with Gasteiger partial charge in [0, 0.05) is 82.3 Å². The minimum Gasteiger partial charge on any atom is -0.309 e. The third-order valence-corrected chi connectivity index (χ3v) is 17.0. The molecule has 0 aliphatic rings. The average Bonchev–Trinajstić information content (AvgIpc) is 1.56. The topological polar surface area (TPSA) is 58.4 Å². The van der Waals surface area contributed by atoms with E-state index in [4.69, 9.17) is 15.0 Å². The number of hydrogen-bond acceptors (Lipinski definition) is 3. The van der Waals surface area contributed by atoms with Gasteiger partial charge < -0.3 is 18.3 Å². The van der Waals surface area contributed by atoms with Gasteiger partial charge >= 0.3 is 6.18 Å². The van der Waals surface area contributed by atoms with Gasteiger partial charge in [-0.3, -0.25) is 0 Å². The van der Waals surface area contributed by atoms with Gasteiger partial charge in [-0.25, -0.2) is 15.0 Å². The molecular formula is C76H46F3N7. The highest BCUT2D eigenvalue weighted by Gasteiger charge is 2.38. The normalized spacial score (nSPS) is 12.1. The summed E-state index contributed by atoms with van der Waals surface area (Å²) in [5.41, 5.74) is 11.2. The minimum absolute atomic E-state index is 0.0368.